The smallest absolute Gasteiger partial charge is 0.409 e. The van der Waals surface area contributed by atoms with Crippen molar-refractivity contribution in [2.24, 2.45) is 4.99 Å². The minimum absolute atomic E-state index is 0.245. The first-order valence-corrected chi connectivity index (χ1v) is 9.55. The van der Waals surface area contributed by atoms with E-state index in [1.54, 1.807) is 4.90 Å². The van der Waals surface area contributed by atoms with Gasteiger partial charge in [0.05, 0.1) is 13.7 Å². The first-order chi connectivity index (χ1) is 13.2. The predicted octanol–water partition coefficient (Wildman–Crippen LogP) is 3.13. The Morgan fingerprint density at radius 3 is 2.63 bits per heavy atom. The van der Waals surface area contributed by atoms with Gasteiger partial charge < -0.3 is 20.3 Å². The maximum atomic E-state index is 11.6. The molecule has 144 valence electrons. The molecule has 2 aromatic carbocycles. The van der Waals surface area contributed by atoms with Crippen molar-refractivity contribution in [1.82, 2.24) is 15.5 Å². The lowest BCUT2D eigenvalue weighted by Gasteiger charge is -2.32. The fourth-order valence-electron chi connectivity index (χ4n) is 3.36. The number of amides is 1. The third-order valence-electron chi connectivity index (χ3n) is 4.85. The third-order valence-corrected chi connectivity index (χ3v) is 4.85. The lowest BCUT2D eigenvalue weighted by atomic mass is 10.1. The zero-order valence-electron chi connectivity index (χ0n) is 16.1. The average Bonchev–Trinajstić information content (AvgIpc) is 2.72. The monoisotopic (exact) mass is 368 g/mol. The second kappa shape index (κ2) is 9.26. The Labute approximate surface area is 160 Å². The van der Waals surface area contributed by atoms with E-state index >= 15 is 0 Å². The summed E-state index contributed by atoms with van der Waals surface area (Å²) in [6, 6.07) is 15.1. The zero-order chi connectivity index (χ0) is 19.1. The second-order valence-corrected chi connectivity index (χ2v) is 6.75. The summed E-state index contributed by atoms with van der Waals surface area (Å²) in [7, 11) is 1.43. The molecule has 0 bridgehead atoms. The maximum absolute atomic E-state index is 11.6. The Kier molecular flexibility index (Phi) is 6.52. The number of rotatable bonds is 4. The van der Waals surface area contributed by atoms with E-state index < -0.39 is 0 Å². The average molecular weight is 368 g/mol. The van der Waals surface area contributed by atoms with E-state index in [1.165, 1.54) is 23.4 Å². The number of nitrogens with one attached hydrogen (secondary N) is 2. The highest BCUT2D eigenvalue weighted by atomic mass is 16.5. The number of carbonyl (C=O) groups excluding carboxylic acids is 1. The van der Waals surface area contributed by atoms with Crippen molar-refractivity contribution in [2.45, 2.75) is 32.4 Å². The SMILES string of the molecule is CCNC(=NCc1ccc2ccccc2c1)NC1CCN(C(=O)OC)CC1. The lowest BCUT2D eigenvalue weighted by Crippen LogP contribution is -2.49. The molecule has 0 radical (unpaired) electrons. The van der Waals surface area contributed by atoms with Gasteiger partial charge in [0.25, 0.3) is 0 Å². The van der Waals surface area contributed by atoms with Crippen LogP contribution in [0.1, 0.15) is 25.3 Å². The molecule has 1 fully saturated rings. The van der Waals surface area contributed by atoms with Crippen LogP contribution < -0.4 is 10.6 Å². The van der Waals surface area contributed by atoms with Gasteiger partial charge in [-0.25, -0.2) is 9.79 Å². The molecule has 6 nitrogen and oxygen atoms in total. The number of aliphatic imine (C=N–C) groups is 1. The number of ether oxygens (including phenoxy) is 1. The molecule has 2 aromatic rings. The molecule has 1 aliphatic rings. The van der Waals surface area contributed by atoms with E-state index in [2.05, 4.69) is 60.0 Å². The predicted molar refractivity (Wildman–Crippen MR) is 109 cm³/mol. The molecule has 0 spiro atoms. The van der Waals surface area contributed by atoms with E-state index in [-0.39, 0.29) is 6.09 Å². The van der Waals surface area contributed by atoms with Gasteiger partial charge in [-0.3, -0.25) is 0 Å². The first kappa shape index (κ1) is 19.0. The van der Waals surface area contributed by atoms with E-state index in [1.807, 2.05) is 0 Å². The Hall–Kier alpha value is -2.76. The van der Waals surface area contributed by atoms with Crippen LogP contribution in [0.3, 0.4) is 0 Å². The van der Waals surface area contributed by atoms with E-state index in [0.29, 0.717) is 25.7 Å². The number of hydrogen-bond acceptors (Lipinski definition) is 3. The van der Waals surface area contributed by atoms with Crippen molar-refractivity contribution in [3.63, 3.8) is 0 Å². The third kappa shape index (κ3) is 5.12. The van der Waals surface area contributed by atoms with Crippen LogP contribution in [0.5, 0.6) is 0 Å². The quantitative estimate of drug-likeness (QED) is 0.643. The topological polar surface area (TPSA) is 66.0 Å². The number of likely N-dealkylation sites (tertiary alicyclic amines) is 1. The van der Waals surface area contributed by atoms with Gasteiger partial charge in [0.2, 0.25) is 0 Å². The largest absolute Gasteiger partial charge is 0.453 e. The summed E-state index contributed by atoms with van der Waals surface area (Å²) in [5, 5.41) is 9.30. The van der Waals surface area contributed by atoms with Gasteiger partial charge in [0.1, 0.15) is 0 Å². The molecule has 0 saturated carbocycles. The van der Waals surface area contributed by atoms with E-state index in [4.69, 9.17) is 9.73 Å². The van der Waals surface area contributed by atoms with Crippen LogP contribution in [0.2, 0.25) is 0 Å². The van der Waals surface area contributed by atoms with Crippen molar-refractivity contribution in [3.05, 3.63) is 48.0 Å². The Balaban J connectivity index is 1.60. The van der Waals surface area contributed by atoms with Gasteiger partial charge in [-0.05, 0) is 42.2 Å². The molecule has 0 aromatic heterocycles. The zero-order valence-corrected chi connectivity index (χ0v) is 16.1. The standard InChI is InChI=1S/C21H28N4O2/c1-3-22-20(24-19-10-12-25(13-11-19)21(26)27-2)23-15-16-8-9-17-6-4-5-7-18(17)14-16/h4-9,14,19H,3,10-13,15H2,1-2H3,(H2,22,23,24). The Morgan fingerprint density at radius 1 is 1.19 bits per heavy atom. The summed E-state index contributed by atoms with van der Waals surface area (Å²) in [4.78, 5) is 18.1. The molecule has 0 atom stereocenters. The van der Waals surface area contributed by atoms with Crippen molar-refractivity contribution >= 4 is 22.8 Å². The van der Waals surface area contributed by atoms with Crippen LogP contribution in [-0.4, -0.2) is 49.7 Å². The normalized spacial score (nSPS) is 15.6. The number of guanidine groups is 1. The van der Waals surface area contributed by atoms with Crippen molar-refractivity contribution in [2.75, 3.05) is 26.7 Å². The molecule has 3 rings (SSSR count). The molecule has 1 aliphatic heterocycles. The molecule has 27 heavy (non-hydrogen) atoms. The molecular formula is C21H28N4O2. The minimum atomic E-state index is -0.245. The van der Waals surface area contributed by atoms with Crippen molar-refractivity contribution in [3.8, 4) is 0 Å². The van der Waals surface area contributed by atoms with Crippen LogP contribution in [0.15, 0.2) is 47.5 Å². The highest BCUT2D eigenvalue weighted by Crippen LogP contribution is 2.16. The molecule has 0 aliphatic carbocycles. The van der Waals surface area contributed by atoms with Crippen LogP contribution in [0.4, 0.5) is 4.79 Å². The van der Waals surface area contributed by atoms with Gasteiger partial charge in [-0.2, -0.15) is 0 Å². The maximum Gasteiger partial charge on any atom is 0.409 e. The van der Waals surface area contributed by atoms with Crippen molar-refractivity contribution in [1.29, 1.82) is 0 Å². The van der Waals surface area contributed by atoms with Crippen molar-refractivity contribution < 1.29 is 9.53 Å². The van der Waals surface area contributed by atoms with E-state index in [9.17, 15) is 4.79 Å². The molecule has 6 heteroatoms. The van der Waals surface area contributed by atoms with Crippen LogP contribution in [0, 0.1) is 0 Å². The highest BCUT2D eigenvalue weighted by Gasteiger charge is 2.23. The number of fused-ring (bicyclic) bond motifs is 1. The summed E-state index contributed by atoms with van der Waals surface area (Å²) < 4.78 is 4.79. The Bertz CT molecular complexity index is 798. The summed E-state index contributed by atoms with van der Waals surface area (Å²) in [6.07, 6.45) is 1.52. The second-order valence-electron chi connectivity index (χ2n) is 6.75. The molecule has 1 heterocycles. The fourth-order valence-corrected chi connectivity index (χ4v) is 3.36. The number of hydrogen-bond donors (Lipinski definition) is 2. The number of benzene rings is 2. The fraction of sp³-hybridized carbons (Fsp3) is 0.429. The summed E-state index contributed by atoms with van der Waals surface area (Å²) in [5.41, 5.74) is 1.19. The number of methoxy groups -OCH3 is 1. The van der Waals surface area contributed by atoms with E-state index in [0.717, 1.165) is 25.3 Å². The first-order valence-electron chi connectivity index (χ1n) is 9.55. The molecule has 1 amide bonds. The highest BCUT2D eigenvalue weighted by molar-refractivity contribution is 5.83. The molecule has 1 saturated heterocycles. The van der Waals surface area contributed by atoms with Gasteiger partial charge in [0.15, 0.2) is 5.96 Å². The Morgan fingerprint density at radius 2 is 1.93 bits per heavy atom. The van der Waals surface area contributed by atoms with Gasteiger partial charge in [-0.1, -0.05) is 36.4 Å². The molecule has 0 unspecified atom stereocenters. The molecule has 2 N–H and O–H groups in total. The van der Waals surface area contributed by atoms with Crippen LogP contribution >= 0.6 is 0 Å². The number of nitrogens with zero attached hydrogens (tertiary/aromatic N) is 2. The summed E-state index contributed by atoms with van der Waals surface area (Å²) >= 11 is 0. The van der Waals surface area contributed by atoms with Gasteiger partial charge in [0, 0.05) is 25.7 Å². The van der Waals surface area contributed by atoms with Crippen LogP contribution in [0.25, 0.3) is 10.8 Å². The van der Waals surface area contributed by atoms with Crippen LogP contribution in [-0.2, 0) is 11.3 Å². The van der Waals surface area contributed by atoms with Gasteiger partial charge in [-0.15, -0.1) is 0 Å². The summed E-state index contributed by atoms with van der Waals surface area (Å²) in [6.45, 7) is 4.90. The lowest BCUT2D eigenvalue weighted by molar-refractivity contribution is 0.111. The summed E-state index contributed by atoms with van der Waals surface area (Å²) in [5.74, 6) is 0.821. The number of carbonyl (C=O) groups is 1. The van der Waals surface area contributed by atoms with Gasteiger partial charge >= 0.3 is 6.09 Å². The minimum Gasteiger partial charge on any atom is -0.453 e. The molecular weight excluding hydrogens is 340 g/mol. The number of piperidine rings is 1.